The number of hydrogen-bond acceptors (Lipinski definition) is 4. The Hall–Kier alpha value is -1.59. The minimum atomic E-state index is -0.238. The molecular weight excluding hydrogens is 256 g/mol. The van der Waals surface area contributed by atoms with Crippen LogP contribution in [0.4, 0.5) is 0 Å². The molecule has 0 radical (unpaired) electrons. The summed E-state index contributed by atoms with van der Waals surface area (Å²) in [4.78, 5) is 12.2. The zero-order valence-corrected chi connectivity index (χ0v) is 11.6. The fourth-order valence-corrected chi connectivity index (χ4v) is 2.97. The van der Waals surface area contributed by atoms with Crippen LogP contribution in [-0.4, -0.2) is 38.8 Å². The zero-order valence-electron chi connectivity index (χ0n) is 11.6. The van der Waals surface area contributed by atoms with Crippen molar-refractivity contribution in [3.8, 4) is 5.75 Å². The summed E-state index contributed by atoms with van der Waals surface area (Å²) in [6.07, 6.45) is 1.87. The number of fused-ring (bicyclic) bond motifs is 1. The molecule has 0 saturated carbocycles. The Labute approximate surface area is 118 Å². The maximum atomic E-state index is 12.2. The molecule has 2 atom stereocenters. The number of rotatable bonds is 3. The van der Waals surface area contributed by atoms with Crippen molar-refractivity contribution >= 4 is 5.91 Å². The van der Waals surface area contributed by atoms with E-state index in [-0.39, 0.29) is 18.0 Å². The first-order valence-electron chi connectivity index (χ1n) is 7.07. The van der Waals surface area contributed by atoms with Crippen molar-refractivity contribution in [2.75, 3.05) is 26.9 Å². The molecule has 1 aliphatic carbocycles. The lowest BCUT2D eigenvalue weighted by molar-refractivity contribution is -0.126. The Kier molecular flexibility index (Phi) is 3.89. The van der Waals surface area contributed by atoms with Crippen LogP contribution >= 0.6 is 0 Å². The number of ether oxygens (including phenoxy) is 2. The van der Waals surface area contributed by atoms with E-state index in [0.29, 0.717) is 13.2 Å². The van der Waals surface area contributed by atoms with E-state index in [1.165, 1.54) is 11.1 Å². The summed E-state index contributed by atoms with van der Waals surface area (Å²) in [6, 6.07) is 5.86. The van der Waals surface area contributed by atoms with Crippen LogP contribution < -0.4 is 15.4 Å². The van der Waals surface area contributed by atoms with E-state index in [0.717, 1.165) is 25.1 Å². The standard InChI is InChI=1S/C15H20N2O3/c1-19-14-4-2-3-10-11(14)5-6-12(10)17-15(18)13-9-20-8-7-16-13/h2-4,12-13,16H,5-9H2,1H3,(H,17,18). The predicted molar refractivity (Wildman–Crippen MR) is 74.8 cm³/mol. The van der Waals surface area contributed by atoms with Crippen LogP contribution in [0.15, 0.2) is 18.2 Å². The number of morpholine rings is 1. The lowest BCUT2D eigenvalue weighted by Gasteiger charge is -2.25. The molecule has 1 aliphatic heterocycles. The Balaban J connectivity index is 1.70. The van der Waals surface area contributed by atoms with Gasteiger partial charge in [0.1, 0.15) is 11.8 Å². The number of benzene rings is 1. The van der Waals surface area contributed by atoms with E-state index in [1.807, 2.05) is 12.1 Å². The highest BCUT2D eigenvalue weighted by molar-refractivity contribution is 5.82. The molecule has 5 heteroatoms. The molecule has 1 fully saturated rings. The van der Waals surface area contributed by atoms with Gasteiger partial charge in [-0.3, -0.25) is 4.79 Å². The van der Waals surface area contributed by atoms with Crippen molar-refractivity contribution in [1.82, 2.24) is 10.6 Å². The number of hydrogen-bond donors (Lipinski definition) is 2. The number of amides is 1. The SMILES string of the molecule is COc1cccc2c1CCC2NC(=O)C1COCCN1. The minimum Gasteiger partial charge on any atom is -0.496 e. The summed E-state index contributed by atoms with van der Waals surface area (Å²) in [6.45, 7) is 1.85. The number of nitrogens with one attached hydrogen (secondary N) is 2. The van der Waals surface area contributed by atoms with Crippen molar-refractivity contribution < 1.29 is 14.3 Å². The van der Waals surface area contributed by atoms with E-state index >= 15 is 0 Å². The molecule has 20 heavy (non-hydrogen) atoms. The zero-order chi connectivity index (χ0) is 13.9. The van der Waals surface area contributed by atoms with E-state index < -0.39 is 0 Å². The molecule has 2 N–H and O–H groups in total. The largest absolute Gasteiger partial charge is 0.496 e. The van der Waals surface area contributed by atoms with Gasteiger partial charge in [-0.15, -0.1) is 0 Å². The summed E-state index contributed by atoms with van der Waals surface area (Å²) in [5.41, 5.74) is 2.39. The van der Waals surface area contributed by atoms with Crippen LogP contribution in [0.5, 0.6) is 5.75 Å². The van der Waals surface area contributed by atoms with E-state index in [1.54, 1.807) is 7.11 Å². The van der Waals surface area contributed by atoms with Crippen molar-refractivity contribution in [3.05, 3.63) is 29.3 Å². The van der Waals surface area contributed by atoms with Gasteiger partial charge in [0.25, 0.3) is 0 Å². The van der Waals surface area contributed by atoms with Gasteiger partial charge >= 0.3 is 0 Å². The van der Waals surface area contributed by atoms with E-state index in [9.17, 15) is 4.79 Å². The number of carbonyl (C=O) groups excluding carboxylic acids is 1. The number of methoxy groups -OCH3 is 1. The van der Waals surface area contributed by atoms with Crippen molar-refractivity contribution in [3.63, 3.8) is 0 Å². The molecule has 5 nitrogen and oxygen atoms in total. The predicted octanol–water partition coefficient (Wildman–Crippen LogP) is 0.787. The van der Waals surface area contributed by atoms with Crippen molar-refractivity contribution in [2.24, 2.45) is 0 Å². The van der Waals surface area contributed by atoms with Gasteiger partial charge in [-0.05, 0) is 30.0 Å². The molecule has 0 aromatic heterocycles. The lowest BCUT2D eigenvalue weighted by Crippen LogP contribution is -2.51. The van der Waals surface area contributed by atoms with Gasteiger partial charge in [0.2, 0.25) is 5.91 Å². The normalized spacial score (nSPS) is 25.1. The molecule has 108 valence electrons. The first kappa shape index (κ1) is 13.4. The van der Waals surface area contributed by atoms with Gasteiger partial charge in [-0.25, -0.2) is 0 Å². The van der Waals surface area contributed by atoms with Crippen molar-refractivity contribution in [2.45, 2.75) is 24.9 Å². The fraction of sp³-hybridized carbons (Fsp3) is 0.533. The van der Waals surface area contributed by atoms with Crippen LogP contribution in [0.2, 0.25) is 0 Å². The summed E-state index contributed by atoms with van der Waals surface area (Å²) in [7, 11) is 1.69. The maximum absolute atomic E-state index is 12.2. The van der Waals surface area contributed by atoms with E-state index in [2.05, 4.69) is 16.7 Å². The second kappa shape index (κ2) is 5.81. The van der Waals surface area contributed by atoms with Gasteiger partial charge in [0, 0.05) is 6.54 Å². The monoisotopic (exact) mass is 276 g/mol. The second-order valence-corrected chi connectivity index (χ2v) is 5.21. The molecule has 1 amide bonds. The molecule has 2 unspecified atom stereocenters. The molecule has 2 aliphatic rings. The molecule has 3 rings (SSSR count). The molecule has 1 aromatic carbocycles. The van der Waals surface area contributed by atoms with Crippen LogP contribution in [-0.2, 0) is 16.0 Å². The quantitative estimate of drug-likeness (QED) is 0.857. The summed E-state index contributed by atoms with van der Waals surface area (Å²) < 4.78 is 10.7. The molecule has 1 saturated heterocycles. The summed E-state index contributed by atoms with van der Waals surface area (Å²) >= 11 is 0. The molecule has 0 spiro atoms. The van der Waals surface area contributed by atoms with Crippen LogP contribution in [0.1, 0.15) is 23.6 Å². The first-order valence-corrected chi connectivity index (χ1v) is 7.07. The fourth-order valence-electron chi connectivity index (χ4n) is 2.97. The molecule has 1 heterocycles. The third-order valence-electron chi connectivity index (χ3n) is 4.00. The molecule has 1 aromatic rings. The Morgan fingerprint density at radius 1 is 1.50 bits per heavy atom. The Morgan fingerprint density at radius 3 is 3.15 bits per heavy atom. The number of carbonyl (C=O) groups is 1. The topological polar surface area (TPSA) is 59.6 Å². The van der Waals surface area contributed by atoms with Gasteiger partial charge in [0.05, 0.1) is 26.4 Å². The van der Waals surface area contributed by atoms with Crippen LogP contribution in [0.25, 0.3) is 0 Å². The van der Waals surface area contributed by atoms with Gasteiger partial charge in [0.15, 0.2) is 0 Å². The van der Waals surface area contributed by atoms with Crippen LogP contribution in [0.3, 0.4) is 0 Å². The van der Waals surface area contributed by atoms with Crippen molar-refractivity contribution in [1.29, 1.82) is 0 Å². The minimum absolute atomic E-state index is 0.0189. The first-order chi connectivity index (χ1) is 9.79. The smallest absolute Gasteiger partial charge is 0.240 e. The molecular formula is C15H20N2O3. The summed E-state index contributed by atoms with van der Waals surface area (Å²) in [5, 5.41) is 6.30. The van der Waals surface area contributed by atoms with E-state index in [4.69, 9.17) is 9.47 Å². The third kappa shape index (κ3) is 2.51. The highest BCUT2D eigenvalue weighted by atomic mass is 16.5. The molecule has 0 bridgehead atoms. The van der Waals surface area contributed by atoms with Crippen LogP contribution in [0, 0.1) is 0 Å². The average molecular weight is 276 g/mol. The second-order valence-electron chi connectivity index (χ2n) is 5.21. The lowest BCUT2D eigenvalue weighted by atomic mass is 10.1. The highest BCUT2D eigenvalue weighted by Crippen LogP contribution is 2.36. The maximum Gasteiger partial charge on any atom is 0.240 e. The summed E-state index contributed by atoms with van der Waals surface area (Å²) in [5.74, 6) is 0.934. The van der Waals surface area contributed by atoms with Gasteiger partial charge < -0.3 is 20.1 Å². The van der Waals surface area contributed by atoms with Gasteiger partial charge in [-0.2, -0.15) is 0 Å². The Morgan fingerprint density at radius 2 is 2.40 bits per heavy atom. The Bertz CT molecular complexity index is 498. The third-order valence-corrected chi connectivity index (χ3v) is 4.00. The van der Waals surface area contributed by atoms with Gasteiger partial charge in [-0.1, -0.05) is 12.1 Å². The highest BCUT2D eigenvalue weighted by Gasteiger charge is 2.29. The average Bonchev–Trinajstić information content (AvgIpc) is 2.91.